The van der Waals surface area contributed by atoms with Gasteiger partial charge in [-0.25, -0.2) is 10.1 Å². The van der Waals surface area contributed by atoms with Crippen LogP contribution in [0.2, 0.25) is 5.02 Å². The Morgan fingerprint density at radius 1 is 1.26 bits per heavy atom. The molecule has 0 saturated heterocycles. The minimum atomic E-state index is -0.272. The van der Waals surface area contributed by atoms with E-state index in [-0.39, 0.29) is 17.6 Å². The molecule has 0 radical (unpaired) electrons. The van der Waals surface area contributed by atoms with Crippen molar-refractivity contribution in [1.82, 2.24) is 14.9 Å². The Kier molecular flexibility index (Phi) is 7.57. The quantitative estimate of drug-likeness (QED) is 0.192. The van der Waals surface area contributed by atoms with Crippen molar-refractivity contribution >= 4 is 47.1 Å². The van der Waals surface area contributed by atoms with Crippen LogP contribution >= 0.6 is 23.4 Å². The molecule has 0 aliphatic rings. The number of anilines is 2. The van der Waals surface area contributed by atoms with E-state index >= 15 is 0 Å². The van der Waals surface area contributed by atoms with E-state index in [2.05, 4.69) is 26.0 Å². The highest BCUT2D eigenvalue weighted by Crippen LogP contribution is 2.29. The maximum absolute atomic E-state index is 12.4. The predicted molar refractivity (Wildman–Crippen MR) is 122 cm³/mol. The number of rotatable bonds is 9. The summed E-state index contributed by atoms with van der Waals surface area (Å²) in [5.41, 5.74) is 3.93. The second kappa shape index (κ2) is 10.5. The summed E-state index contributed by atoms with van der Waals surface area (Å²) in [7, 11) is 3.06. The van der Waals surface area contributed by atoms with E-state index in [1.807, 2.05) is 18.2 Å². The third kappa shape index (κ3) is 5.80. The molecule has 0 spiro atoms. The lowest BCUT2D eigenvalue weighted by Gasteiger charge is -2.11. The number of nitrogens with one attached hydrogen (secondary N) is 2. The van der Waals surface area contributed by atoms with Gasteiger partial charge in [0, 0.05) is 16.7 Å². The maximum atomic E-state index is 12.4. The Morgan fingerprint density at radius 2 is 2.06 bits per heavy atom. The van der Waals surface area contributed by atoms with E-state index in [0.29, 0.717) is 27.4 Å². The molecule has 0 saturated carbocycles. The first kappa shape index (κ1) is 22.2. The molecule has 0 atom stereocenters. The van der Waals surface area contributed by atoms with Crippen LogP contribution in [-0.2, 0) is 4.79 Å². The van der Waals surface area contributed by atoms with Crippen molar-refractivity contribution in [2.45, 2.75) is 5.16 Å². The molecule has 0 bridgehead atoms. The minimum absolute atomic E-state index is 0.0542. The van der Waals surface area contributed by atoms with Crippen molar-refractivity contribution in [3.05, 3.63) is 53.1 Å². The van der Waals surface area contributed by atoms with Gasteiger partial charge in [-0.15, -0.1) is 10.2 Å². The average Bonchev–Trinajstić information content (AvgIpc) is 3.13. The lowest BCUT2D eigenvalue weighted by molar-refractivity contribution is -0.113. The molecule has 1 heterocycles. The monoisotopic (exact) mass is 461 g/mol. The fourth-order valence-electron chi connectivity index (χ4n) is 2.42. The van der Waals surface area contributed by atoms with Crippen molar-refractivity contribution in [2.75, 3.05) is 36.6 Å². The Morgan fingerprint density at radius 3 is 2.81 bits per heavy atom. The van der Waals surface area contributed by atoms with Crippen LogP contribution < -0.4 is 26.1 Å². The molecule has 12 heteroatoms. The van der Waals surface area contributed by atoms with Crippen molar-refractivity contribution in [3.8, 4) is 11.5 Å². The fraction of sp³-hybridized carbons (Fsp3) is 0.158. The summed E-state index contributed by atoms with van der Waals surface area (Å²) < 4.78 is 11.6. The van der Waals surface area contributed by atoms with Crippen molar-refractivity contribution in [2.24, 2.45) is 5.10 Å². The van der Waals surface area contributed by atoms with Gasteiger partial charge in [-0.1, -0.05) is 41.6 Å². The number of nitrogens with two attached hydrogens (primary N) is 1. The van der Waals surface area contributed by atoms with Gasteiger partial charge >= 0.3 is 0 Å². The molecular formula is C19H20ClN7O3S. The standard InChI is InChI=1S/C19H20ClN7O3S/c1-29-13-7-8-16(30-2)15(9-13)23-17(28)11-31-19-26-25-18(27(19)21)24-22-10-12-5-3-4-6-14(12)20/h3-10H,11,21H2,1-2H3,(H,23,28)(H,24,25)/b22-10+. The molecule has 0 aliphatic carbocycles. The third-order valence-electron chi connectivity index (χ3n) is 3.95. The first-order valence-corrected chi connectivity index (χ1v) is 10.3. The Labute approximate surface area is 187 Å². The Balaban J connectivity index is 1.57. The van der Waals surface area contributed by atoms with Crippen LogP contribution in [0, 0.1) is 0 Å². The van der Waals surface area contributed by atoms with Gasteiger partial charge in [0.25, 0.3) is 5.95 Å². The molecule has 0 unspecified atom stereocenters. The maximum Gasteiger partial charge on any atom is 0.264 e. The Bertz CT molecular complexity index is 1090. The summed E-state index contributed by atoms with van der Waals surface area (Å²) in [5, 5.41) is 15.6. The number of halogens is 1. The van der Waals surface area contributed by atoms with E-state index < -0.39 is 0 Å². The van der Waals surface area contributed by atoms with E-state index in [1.165, 1.54) is 11.8 Å². The minimum Gasteiger partial charge on any atom is -0.497 e. The topological polar surface area (TPSA) is 129 Å². The SMILES string of the molecule is COc1ccc(OC)c(NC(=O)CSc2nnc(N/N=C/c3ccccc3Cl)n2N)c1. The second-order valence-corrected chi connectivity index (χ2v) is 7.32. The summed E-state index contributed by atoms with van der Waals surface area (Å²) in [4.78, 5) is 12.4. The number of benzene rings is 2. The van der Waals surface area contributed by atoms with Crippen molar-refractivity contribution in [3.63, 3.8) is 0 Å². The third-order valence-corrected chi connectivity index (χ3v) is 5.24. The molecule has 162 valence electrons. The molecule has 3 rings (SSSR count). The first-order valence-electron chi connectivity index (χ1n) is 8.90. The summed E-state index contributed by atoms with van der Waals surface area (Å²) in [5.74, 6) is 7.08. The smallest absolute Gasteiger partial charge is 0.264 e. The Hall–Kier alpha value is -3.44. The zero-order chi connectivity index (χ0) is 22.2. The van der Waals surface area contributed by atoms with Crippen LogP contribution in [0.3, 0.4) is 0 Å². The number of aromatic nitrogens is 3. The normalized spacial score (nSPS) is 10.8. The molecule has 1 aromatic heterocycles. The molecule has 3 aromatic rings. The molecule has 10 nitrogen and oxygen atoms in total. The van der Waals surface area contributed by atoms with Crippen LogP contribution in [0.4, 0.5) is 11.6 Å². The molecule has 2 aromatic carbocycles. The summed E-state index contributed by atoms with van der Waals surface area (Å²) in [6.45, 7) is 0. The van der Waals surface area contributed by atoms with Crippen molar-refractivity contribution < 1.29 is 14.3 Å². The van der Waals surface area contributed by atoms with Crippen LogP contribution in [0.5, 0.6) is 11.5 Å². The van der Waals surface area contributed by atoms with Crippen LogP contribution in [-0.4, -0.2) is 47.0 Å². The lowest BCUT2D eigenvalue weighted by Crippen LogP contribution is -2.17. The fourth-order valence-corrected chi connectivity index (χ4v) is 3.26. The van der Waals surface area contributed by atoms with Gasteiger partial charge < -0.3 is 20.6 Å². The summed E-state index contributed by atoms with van der Waals surface area (Å²) in [6.07, 6.45) is 1.54. The molecule has 0 aliphatic heterocycles. The number of methoxy groups -OCH3 is 2. The average molecular weight is 462 g/mol. The van der Waals surface area contributed by atoms with E-state index in [9.17, 15) is 4.79 Å². The van der Waals surface area contributed by atoms with Crippen LogP contribution in [0.15, 0.2) is 52.7 Å². The van der Waals surface area contributed by atoms with Crippen molar-refractivity contribution in [1.29, 1.82) is 0 Å². The van der Waals surface area contributed by atoms with E-state index in [4.69, 9.17) is 26.9 Å². The lowest BCUT2D eigenvalue weighted by atomic mass is 10.2. The van der Waals surface area contributed by atoms with Crippen LogP contribution in [0.25, 0.3) is 0 Å². The molecule has 4 N–H and O–H groups in total. The van der Waals surface area contributed by atoms with E-state index in [1.54, 1.807) is 37.6 Å². The van der Waals surface area contributed by atoms with Gasteiger partial charge in [0.2, 0.25) is 11.1 Å². The number of hydrogen-bond acceptors (Lipinski definition) is 9. The number of nitrogens with zero attached hydrogens (tertiary/aromatic N) is 4. The number of amides is 1. The molecular weight excluding hydrogens is 442 g/mol. The van der Waals surface area contributed by atoms with E-state index in [0.717, 1.165) is 17.3 Å². The highest BCUT2D eigenvalue weighted by Gasteiger charge is 2.14. The zero-order valence-electron chi connectivity index (χ0n) is 16.7. The first-order chi connectivity index (χ1) is 15.0. The van der Waals surface area contributed by atoms with Gasteiger partial charge in [-0.2, -0.15) is 5.10 Å². The van der Waals surface area contributed by atoms with Gasteiger partial charge in [-0.3, -0.25) is 4.79 Å². The highest BCUT2D eigenvalue weighted by atomic mass is 35.5. The number of carbonyl (C=O) groups is 1. The van der Waals surface area contributed by atoms with Gasteiger partial charge in [0.05, 0.1) is 31.9 Å². The number of hydrogen-bond donors (Lipinski definition) is 3. The number of thioether (sulfide) groups is 1. The second-order valence-electron chi connectivity index (χ2n) is 5.97. The largest absolute Gasteiger partial charge is 0.497 e. The highest BCUT2D eigenvalue weighted by molar-refractivity contribution is 7.99. The molecule has 31 heavy (non-hydrogen) atoms. The number of nitrogen functional groups attached to an aromatic ring is 1. The predicted octanol–water partition coefficient (Wildman–Crippen LogP) is 2.84. The molecule has 0 fully saturated rings. The number of hydrazone groups is 1. The summed E-state index contributed by atoms with van der Waals surface area (Å²) >= 11 is 7.19. The van der Waals surface area contributed by atoms with Gasteiger partial charge in [0.15, 0.2) is 0 Å². The van der Waals surface area contributed by atoms with Gasteiger partial charge in [0.1, 0.15) is 11.5 Å². The molecule has 1 amide bonds. The van der Waals surface area contributed by atoms with Gasteiger partial charge in [-0.05, 0) is 18.2 Å². The van der Waals surface area contributed by atoms with Crippen LogP contribution in [0.1, 0.15) is 5.56 Å². The summed E-state index contributed by atoms with van der Waals surface area (Å²) in [6, 6.07) is 12.4. The zero-order valence-corrected chi connectivity index (χ0v) is 18.3. The number of carbonyl (C=O) groups excluding carboxylic acids is 1. The number of ether oxygens (including phenoxy) is 2.